The second-order valence-electron chi connectivity index (χ2n) is 8.30. The van der Waals surface area contributed by atoms with Gasteiger partial charge >= 0.3 is 5.97 Å². The van der Waals surface area contributed by atoms with Crippen LogP contribution in [0.2, 0.25) is 0 Å². The largest absolute Gasteiger partial charge is 0.504 e. The van der Waals surface area contributed by atoms with E-state index in [1.54, 1.807) is 23.5 Å². The van der Waals surface area contributed by atoms with E-state index in [9.17, 15) is 14.7 Å². The van der Waals surface area contributed by atoms with Crippen LogP contribution in [-0.4, -0.2) is 43.8 Å². The van der Waals surface area contributed by atoms with E-state index in [0.717, 1.165) is 5.70 Å². The van der Waals surface area contributed by atoms with E-state index < -0.39 is 11.9 Å². The second kappa shape index (κ2) is 10.4. The Balaban J connectivity index is 1.75. The number of benzene rings is 1. The number of hydrogen-bond donors (Lipinski definition) is 2. The molecule has 2 aromatic rings. The number of allylic oxidation sites excluding steroid dienone is 3. The molecule has 0 saturated carbocycles. The van der Waals surface area contributed by atoms with Crippen LogP contribution < -0.4 is 10.1 Å². The Labute approximate surface area is 203 Å². The van der Waals surface area contributed by atoms with Crippen LogP contribution in [0.5, 0.6) is 11.5 Å². The molecule has 0 amide bonds. The maximum absolute atomic E-state index is 13.5. The number of aromatic hydroxyl groups is 1. The first-order valence-corrected chi connectivity index (χ1v) is 12.2. The van der Waals surface area contributed by atoms with Gasteiger partial charge in [0.1, 0.15) is 6.61 Å². The molecule has 7 nitrogen and oxygen atoms in total. The van der Waals surface area contributed by atoms with Crippen LogP contribution in [0.1, 0.15) is 49.0 Å². The molecule has 0 fully saturated rings. The van der Waals surface area contributed by atoms with Gasteiger partial charge in [0, 0.05) is 46.7 Å². The molecule has 34 heavy (non-hydrogen) atoms. The first kappa shape index (κ1) is 24.0. The zero-order valence-corrected chi connectivity index (χ0v) is 20.4. The number of esters is 1. The van der Waals surface area contributed by atoms with E-state index in [0.29, 0.717) is 48.5 Å². The molecule has 1 aliphatic carbocycles. The van der Waals surface area contributed by atoms with Crippen molar-refractivity contribution in [3.8, 4) is 11.5 Å². The van der Waals surface area contributed by atoms with Gasteiger partial charge in [0.25, 0.3) is 0 Å². The van der Waals surface area contributed by atoms with Gasteiger partial charge in [0.05, 0.1) is 19.3 Å². The first-order chi connectivity index (χ1) is 16.4. The normalized spacial score (nSPS) is 20.1. The van der Waals surface area contributed by atoms with Crippen LogP contribution in [0.25, 0.3) is 0 Å². The molecule has 4 rings (SSSR count). The third kappa shape index (κ3) is 4.74. The number of phenols is 1. The number of methoxy groups -OCH3 is 1. The summed E-state index contributed by atoms with van der Waals surface area (Å²) in [5.41, 5.74) is 3.11. The SMILES string of the molecule is CCOCCOC(=O)C1=C(C)NC2=C(C(=O)C[C@@H](c3cccs3)C2)[C@@H]1c1ccc(O)c(OC)c1. The van der Waals surface area contributed by atoms with E-state index in [4.69, 9.17) is 14.2 Å². The lowest BCUT2D eigenvalue weighted by molar-refractivity contribution is -0.140. The van der Waals surface area contributed by atoms with Crippen molar-refractivity contribution in [3.05, 3.63) is 68.7 Å². The molecular weight excluding hydrogens is 454 g/mol. The van der Waals surface area contributed by atoms with E-state index in [-0.39, 0.29) is 29.8 Å². The lowest BCUT2D eigenvalue weighted by atomic mass is 9.72. The van der Waals surface area contributed by atoms with Crippen LogP contribution in [0.3, 0.4) is 0 Å². The minimum atomic E-state index is -0.623. The third-order valence-corrected chi connectivity index (χ3v) is 7.23. The lowest BCUT2D eigenvalue weighted by Crippen LogP contribution is -2.36. The summed E-state index contributed by atoms with van der Waals surface area (Å²) in [5, 5.41) is 15.5. The zero-order valence-electron chi connectivity index (χ0n) is 19.6. The van der Waals surface area contributed by atoms with Crippen molar-refractivity contribution in [1.29, 1.82) is 0 Å². The number of ketones is 1. The van der Waals surface area contributed by atoms with Crippen LogP contribution in [0.15, 0.2) is 58.3 Å². The Kier molecular flexibility index (Phi) is 7.38. The quantitative estimate of drug-likeness (QED) is 0.424. The number of carbonyl (C=O) groups excluding carboxylic acids is 2. The number of thiophene rings is 1. The summed E-state index contributed by atoms with van der Waals surface area (Å²) in [6.07, 6.45) is 1.05. The number of dihydropyridines is 1. The lowest BCUT2D eigenvalue weighted by Gasteiger charge is -2.36. The number of nitrogens with one attached hydrogen (secondary N) is 1. The number of hydrogen-bond acceptors (Lipinski definition) is 8. The summed E-state index contributed by atoms with van der Waals surface area (Å²) in [5.74, 6) is -0.760. The highest BCUT2D eigenvalue weighted by molar-refractivity contribution is 7.10. The zero-order chi connectivity index (χ0) is 24.2. The number of Topliss-reactive ketones (excluding diaryl/α,β-unsaturated/α-hetero) is 1. The molecule has 0 unspecified atom stereocenters. The predicted molar refractivity (Wildman–Crippen MR) is 129 cm³/mol. The Bertz CT molecular complexity index is 1130. The highest BCUT2D eigenvalue weighted by Crippen LogP contribution is 2.47. The van der Waals surface area contributed by atoms with E-state index in [1.807, 2.05) is 25.3 Å². The van der Waals surface area contributed by atoms with Gasteiger partial charge in [-0.05, 0) is 49.4 Å². The molecule has 180 valence electrons. The Morgan fingerprint density at radius 2 is 2.06 bits per heavy atom. The molecule has 2 aliphatic rings. The highest BCUT2D eigenvalue weighted by Gasteiger charge is 2.41. The predicted octanol–water partition coefficient (Wildman–Crippen LogP) is 4.40. The van der Waals surface area contributed by atoms with Crippen LogP contribution in [0, 0.1) is 0 Å². The Morgan fingerprint density at radius 3 is 2.76 bits per heavy atom. The molecule has 2 N–H and O–H groups in total. The molecule has 8 heteroatoms. The summed E-state index contributed by atoms with van der Waals surface area (Å²) in [6, 6.07) is 8.97. The number of phenolic OH excluding ortho intramolecular Hbond substituents is 1. The van der Waals surface area contributed by atoms with Gasteiger partial charge in [-0.1, -0.05) is 12.1 Å². The second-order valence-corrected chi connectivity index (χ2v) is 9.28. The van der Waals surface area contributed by atoms with Gasteiger partial charge < -0.3 is 24.6 Å². The van der Waals surface area contributed by atoms with Gasteiger partial charge in [-0.3, -0.25) is 4.79 Å². The fraction of sp³-hybridized carbons (Fsp3) is 0.385. The van der Waals surface area contributed by atoms with Crippen LogP contribution in [0.4, 0.5) is 0 Å². The number of rotatable bonds is 8. The van der Waals surface area contributed by atoms with Crippen molar-refractivity contribution in [1.82, 2.24) is 5.32 Å². The van der Waals surface area contributed by atoms with Crippen molar-refractivity contribution in [2.45, 2.75) is 38.5 Å². The Morgan fingerprint density at radius 1 is 1.24 bits per heavy atom. The maximum atomic E-state index is 13.5. The molecule has 1 aliphatic heterocycles. The van der Waals surface area contributed by atoms with E-state index >= 15 is 0 Å². The third-order valence-electron chi connectivity index (χ3n) is 6.20. The summed E-state index contributed by atoms with van der Waals surface area (Å²) in [6.45, 7) is 4.66. The van der Waals surface area contributed by atoms with Crippen LogP contribution >= 0.6 is 11.3 Å². The van der Waals surface area contributed by atoms with Crippen molar-refractivity contribution < 1.29 is 28.9 Å². The maximum Gasteiger partial charge on any atom is 0.336 e. The van der Waals surface area contributed by atoms with E-state index in [2.05, 4.69) is 11.4 Å². The molecule has 2 heterocycles. The minimum Gasteiger partial charge on any atom is -0.504 e. The van der Waals surface area contributed by atoms with Crippen molar-refractivity contribution in [3.63, 3.8) is 0 Å². The summed E-state index contributed by atoms with van der Waals surface area (Å²) < 4.78 is 16.1. The molecular formula is C26H29NO6S. The summed E-state index contributed by atoms with van der Waals surface area (Å²) >= 11 is 1.65. The molecule has 0 saturated heterocycles. The molecule has 0 bridgehead atoms. The smallest absolute Gasteiger partial charge is 0.336 e. The Hall–Kier alpha value is -3.10. The molecule has 1 aromatic carbocycles. The number of carbonyl (C=O) groups is 2. The van der Waals surface area contributed by atoms with Gasteiger partial charge in [-0.25, -0.2) is 4.79 Å². The molecule has 0 spiro atoms. The molecule has 2 atom stereocenters. The van der Waals surface area contributed by atoms with Gasteiger partial charge in [-0.2, -0.15) is 0 Å². The number of ether oxygens (including phenoxy) is 3. The summed E-state index contributed by atoms with van der Waals surface area (Å²) in [4.78, 5) is 27.9. The van der Waals surface area contributed by atoms with Crippen LogP contribution in [-0.2, 0) is 19.1 Å². The monoisotopic (exact) mass is 483 g/mol. The average molecular weight is 484 g/mol. The van der Waals surface area contributed by atoms with E-state index in [1.165, 1.54) is 18.1 Å². The summed E-state index contributed by atoms with van der Waals surface area (Å²) in [7, 11) is 1.47. The minimum absolute atomic E-state index is 0.00342. The highest BCUT2D eigenvalue weighted by atomic mass is 32.1. The van der Waals surface area contributed by atoms with Gasteiger partial charge in [-0.15, -0.1) is 11.3 Å². The first-order valence-electron chi connectivity index (χ1n) is 11.3. The van der Waals surface area contributed by atoms with Crippen molar-refractivity contribution in [2.24, 2.45) is 0 Å². The molecule has 1 aromatic heterocycles. The van der Waals surface area contributed by atoms with Crippen molar-refractivity contribution in [2.75, 3.05) is 26.9 Å². The molecule has 0 radical (unpaired) electrons. The van der Waals surface area contributed by atoms with Gasteiger partial charge in [0.2, 0.25) is 0 Å². The fourth-order valence-corrected chi connectivity index (χ4v) is 5.49. The standard InChI is InChI=1S/C26H29NO6S/c1-4-32-9-10-33-26(30)23-15(2)27-18-12-17(22-6-5-11-34-22)13-20(29)25(18)24(23)16-7-8-19(28)21(14-16)31-3/h5-8,11,14,17,24,27-28H,4,9-10,12-13H2,1-3H3/t17-,24+/m0/s1. The fourth-order valence-electron chi connectivity index (χ4n) is 4.66. The average Bonchev–Trinajstić information content (AvgIpc) is 3.36. The van der Waals surface area contributed by atoms with Gasteiger partial charge in [0.15, 0.2) is 17.3 Å². The topological polar surface area (TPSA) is 94.1 Å². The van der Waals surface area contributed by atoms with Crippen molar-refractivity contribution >= 4 is 23.1 Å².